The van der Waals surface area contributed by atoms with E-state index in [0.717, 1.165) is 6.54 Å². The lowest BCUT2D eigenvalue weighted by Crippen LogP contribution is -2.48. The molecule has 0 unspecified atom stereocenters. The van der Waals surface area contributed by atoms with Crippen LogP contribution in [0, 0.1) is 0 Å². The number of hydrogen-bond acceptors (Lipinski definition) is 3. The Labute approximate surface area is 125 Å². The molecule has 3 heteroatoms. The van der Waals surface area contributed by atoms with Crippen LogP contribution in [0.15, 0.2) is 60.7 Å². The number of rotatable bonds is 3. The van der Waals surface area contributed by atoms with Crippen LogP contribution >= 0.6 is 0 Å². The van der Waals surface area contributed by atoms with Crippen molar-refractivity contribution in [3.05, 3.63) is 71.8 Å². The number of morpholine rings is 1. The predicted molar refractivity (Wildman–Crippen MR) is 81.6 cm³/mol. The monoisotopic (exact) mass is 281 g/mol. The molecule has 21 heavy (non-hydrogen) atoms. The van der Waals surface area contributed by atoms with E-state index in [1.54, 1.807) is 0 Å². The molecule has 1 heterocycles. The molecule has 1 saturated heterocycles. The highest BCUT2D eigenvalue weighted by Crippen LogP contribution is 2.29. The summed E-state index contributed by atoms with van der Waals surface area (Å²) in [5, 5.41) is 0. The van der Waals surface area contributed by atoms with Gasteiger partial charge in [0.15, 0.2) is 0 Å². The van der Waals surface area contributed by atoms with Crippen LogP contribution in [0.2, 0.25) is 0 Å². The fraction of sp³-hybridized carbons (Fsp3) is 0.278. The molecule has 0 N–H and O–H groups in total. The minimum Gasteiger partial charge on any atom is -0.462 e. The van der Waals surface area contributed by atoms with Crippen molar-refractivity contribution in [3.63, 3.8) is 0 Å². The van der Waals surface area contributed by atoms with Gasteiger partial charge in [0.2, 0.25) is 0 Å². The van der Waals surface area contributed by atoms with Crippen molar-refractivity contribution in [1.82, 2.24) is 4.90 Å². The molecule has 108 valence electrons. The van der Waals surface area contributed by atoms with Gasteiger partial charge in [-0.15, -0.1) is 0 Å². The van der Waals surface area contributed by atoms with Crippen LogP contribution in [0.3, 0.4) is 0 Å². The van der Waals surface area contributed by atoms with Crippen molar-refractivity contribution in [2.45, 2.75) is 25.6 Å². The van der Waals surface area contributed by atoms with Crippen LogP contribution in [0.5, 0.6) is 0 Å². The Kier molecular flexibility index (Phi) is 4.02. The molecule has 0 radical (unpaired) electrons. The van der Waals surface area contributed by atoms with Gasteiger partial charge in [-0.05, 0) is 18.1 Å². The molecule has 2 aromatic carbocycles. The number of cyclic esters (lactones) is 1. The molecule has 0 bridgehead atoms. The number of benzene rings is 2. The topological polar surface area (TPSA) is 29.5 Å². The summed E-state index contributed by atoms with van der Waals surface area (Å²) >= 11 is 0. The second-order valence-corrected chi connectivity index (χ2v) is 5.39. The summed E-state index contributed by atoms with van der Waals surface area (Å²) in [6, 6.07) is 20.4. The molecule has 3 nitrogen and oxygen atoms in total. The minimum absolute atomic E-state index is 0.110. The summed E-state index contributed by atoms with van der Waals surface area (Å²) < 4.78 is 5.34. The summed E-state index contributed by atoms with van der Waals surface area (Å²) in [6.45, 7) is 3.08. The first-order valence-electron chi connectivity index (χ1n) is 7.27. The Balaban J connectivity index is 1.88. The smallest absolute Gasteiger partial charge is 0.323 e. The first-order valence-corrected chi connectivity index (χ1v) is 7.27. The molecule has 1 aliphatic rings. The zero-order valence-electron chi connectivity index (χ0n) is 12.1. The zero-order valence-corrected chi connectivity index (χ0v) is 12.1. The zero-order chi connectivity index (χ0) is 14.7. The van der Waals surface area contributed by atoms with Crippen molar-refractivity contribution in [1.29, 1.82) is 0 Å². The number of nitrogens with zero attached hydrogens (tertiary/aromatic N) is 1. The highest BCUT2D eigenvalue weighted by molar-refractivity contribution is 5.76. The maximum Gasteiger partial charge on any atom is 0.323 e. The Bertz CT molecular complexity index is 597. The van der Waals surface area contributed by atoms with Gasteiger partial charge in [0.1, 0.15) is 12.6 Å². The molecule has 2 aromatic rings. The summed E-state index contributed by atoms with van der Waals surface area (Å²) in [4.78, 5) is 14.1. The molecular formula is C18H19NO2. The Morgan fingerprint density at radius 1 is 1.05 bits per heavy atom. The van der Waals surface area contributed by atoms with E-state index in [-0.39, 0.29) is 18.1 Å². The largest absolute Gasteiger partial charge is 0.462 e. The van der Waals surface area contributed by atoms with Gasteiger partial charge in [0.05, 0.1) is 6.04 Å². The lowest BCUT2D eigenvalue weighted by molar-refractivity contribution is -0.162. The molecule has 0 amide bonds. The van der Waals surface area contributed by atoms with Gasteiger partial charge in [-0.3, -0.25) is 9.69 Å². The second-order valence-electron chi connectivity index (χ2n) is 5.39. The van der Waals surface area contributed by atoms with E-state index in [9.17, 15) is 4.79 Å². The van der Waals surface area contributed by atoms with Crippen LogP contribution in [-0.2, 0) is 16.1 Å². The number of carbonyl (C=O) groups excluding carboxylic acids is 1. The van der Waals surface area contributed by atoms with Gasteiger partial charge >= 0.3 is 5.97 Å². The van der Waals surface area contributed by atoms with Gasteiger partial charge in [0, 0.05) is 6.54 Å². The quantitative estimate of drug-likeness (QED) is 0.809. The predicted octanol–water partition coefficient (Wildman–Crippen LogP) is 3.18. The van der Waals surface area contributed by atoms with E-state index >= 15 is 0 Å². The molecule has 2 atom stereocenters. The first-order chi connectivity index (χ1) is 10.3. The second kappa shape index (κ2) is 6.10. The third-order valence-electron chi connectivity index (χ3n) is 4.01. The number of carbonyl (C=O) groups is 1. The fourth-order valence-corrected chi connectivity index (χ4v) is 2.79. The van der Waals surface area contributed by atoms with Crippen LogP contribution in [0.4, 0.5) is 0 Å². The normalized spacial score (nSPS) is 22.8. The van der Waals surface area contributed by atoms with Crippen molar-refractivity contribution >= 4 is 5.97 Å². The van der Waals surface area contributed by atoms with Crippen LogP contribution < -0.4 is 0 Å². The summed E-state index contributed by atoms with van der Waals surface area (Å²) in [5.74, 6) is -0.141. The third-order valence-corrected chi connectivity index (χ3v) is 4.01. The molecule has 3 rings (SSSR count). The molecule has 0 saturated carbocycles. The summed E-state index contributed by atoms with van der Waals surface area (Å²) in [7, 11) is 0. The van der Waals surface area contributed by atoms with Gasteiger partial charge < -0.3 is 4.74 Å². The highest BCUT2D eigenvalue weighted by Gasteiger charge is 2.35. The lowest BCUT2D eigenvalue weighted by Gasteiger charge is -2.39. The minimum atomic E-state index is -0.232. The van der Waals surface area contributed by atoms with E-state index in [2.05, 4.69) is 29.2 Å². The van der Waals surface area contributed by atoms with Gasteiger partial charge in [-0.2, -0.15) is 0 Å². The van der Waals surface area contributed by atoms with Crippen molar-refractivity contribution < 1.29 is 9.53 Å². The molecular weight excluding hydrogens is 262 g/mol. The Morgan fingerprint density at radius 2 is 1.67 bits per heavy atom. The van der Waals surface area contributed by atoms with Crippen molar-refractivity contribution in [2.75, 3.05) is 6.61 Å². The maximum absolute atomic E-state index is 11.9. The van der Waals surface area contributed by atoms with E-state index in [4.69, 9.17) is 4.74 Å². The molecule has 0 spiro atoms. The van der Waals surface area contributed by atoms with Crippen molar-refractivity contribution in [2.24, 2.45) is 0 Å². The third kappa shape index (κ3) is 2.98. The fourth-order valence-electron chi connectivity index (χ4n) is 2.79. The first kappa shape index (κ1) is 13.8. The molecule has 0 aromatic heterocycles. The van der Waals surface area contributed by atoms with Crippen LogP contribution in [0.1, 0.15) is 24.1 Å². The Hall–Kier alpha value is -2.13. The molecule has 1 aliphatic heterocycles. The highest BCUT2D eigenvalue weighted by atomic mass is 16.5. The van der Waals surface area contributed by atoms with Crippen LogP contribution in [0.25, 0.3) is 0 Å². The van der Waals surface area contributed by atoms with E-state index < -0.39 is 0 Å². The lowest BCUT2D eigenvalue weighted by atomic mass is 10.0. The summed E-state index contributed by atoms with van der Waals surface area (Å²) in [6.07, 6.45) is 0. The number of ether oxygens (including phenoxy) is 1. The average Bonchev–Trinajstić information content (AvgIpc) is 2.54. The van der Waals surface area contributed by atoms with Gasteiger partial charge in [-0.25, -0.2) is 0 Å². The number of hydrogen-bond donors (Lipinski definition) is 0. The van der Waals surface area contributed by atoms with E-state index in [0.29, 0.717) is 6.61 Å². The maximum atomic E-state index is 11.9. The van der Waals surface area contributed by atoms with E-state index in [1.807, 2.05) is 43.3 Å². The van der Waals surface area contributed by atoms with E-state index in [1.165, 1.54) is 11.1 Å². The van der Waals surface area contributed by atoms with Gasteiger partial charge in [0.25, 0.3) is 0 Å². The van der Waals surface area contributed by atoms with Crippen LogP contribution in [-0.4, -0.2) is 23.5 Å². The summed E-state index contributed by atoms with van der Waals surface area (Å²) in [5.41, 5.74) is 2.40. The Morgan fingerprint density at radius 3 is 2.33 bits per heavy atom. The molecule has 1 fully saturated rings. The average molecular weight is 281 g/mol. The SMILES string of the molecule is C[C@H]1C(=O)OC[C@@H](c2ccccc2)N1Cc1ccccc1. The standard InChI is InChI=1S/C18H19NO2/c1-14-18(20)21-13-17(16-10-6-3-7-11-16)19(14)12-15-8-4-2-5-9-15/h2-11,14,17H,12-13H2,1H3/t14-,17-/m0/s1. The molecule has 0 aliphatic carbocycles. The van der Waals surface area contributed by atoms with Crippen molar-refractivity contribution in [3.8, 4) is 0 Å². The number of esters is 1. The van der Waals surface area contributed by atoms with Gasteiger partial charge in [-0.1, -0.05) is 60.7 Å².